The first-order valence-electron chi connectivity index (χ1n) is 10.0. The highest BCUT2D eigenvalue weighted by atomic mass is 35.5. The normalized spacial score (nSPS) is 11.4. The van der Waals surface area contributed by atoms with Crippen LogP contribution < -0.4 is 9.46 Å². The number of alkyl halides is 1. The first-order valence-corrected chi connectivity index (χ1v) is 12.8. The first-order chi connectivity index (χ1) is 16.3. The highest BCUT2D eigenvalue weighted by Gasteiger charge is 2.15. The Bertz CT molecular complexity index is 1500. The number of hydrogen-bond acceptors (Lipinski definition) is 6. The summed E-state index contributed by atoms with van der Waals surface area (Å²) in [6, 6.07) is 9.50. The van der Waals surface area contributed by atoms with E-state index in [0.717, 1.165) is 33.8 Å². The van der Waals surface area contributed by atoms with Crippen LogP contribution in [0.2, 0.25) is 5.02 Å². The molecule has 11 heteroatoms. The van der Waals surface area contributed by atoms with Crippen LogP contribution in [0.15, 0.2) is 48.9 Å². The maximum atomic E-state index is 11.3. The van der Waals surface area contributed by atoms with Crippen LogP contribution in [0.25, 0.3) is 22.0 Å². The number of halogens is 2. The molecule has 174 valence electrons. The maximum absolute atomic E-state index is 11.3. The van der Waals surface area contributed by atoms with Gasteiger partial charge in [-0.25, -0.2) is 18.4 Å². The minimum Gasteiger partial charge on any atom is -0.489 e. The number of sulfonamides is 1. The smallest absolute Gasteiger partial charge is 0.236 e. The summed E-state index contributed by atoms with van der Waals surface area (Å²) in [4.78, 5) is 8.10. The van der Waals surface area contributed by atoms with E-state index in [9.17, 15) is 8.42 Å². The molecule has 2 aromatic heterocycles. The van der Waals surface area contributed by atoms with E-state index >= 15 is 0 Å². The van der Waals surface area contributed by atoms with Crippen molar-refractivity contribution in [3.8, 4) is 29.2 Å². The van der Waals surface area contributed by atoms with Crippen LogP contribution in [0.1, 0.15) is 11.1 Å². The second-order valence-corrected chi connectivity index (χ2v) is 9.88. The van der Waals surface area contributed by atoms with Crippen molar-refractivity contribution in [1.29, 1.82) is 0 Å². The van der Waals surface area contributed by atoms with E-state index in [1.54, 1.807) is 24.7 Å². The number of fused-ring (bicyclic) bond motifs is 1. The summed E-state index contributed by atoms with van der Waals surface area (Å²) in [5, 5.41) is 5.83. The summed E-state index contributed by atoms with van der Waals surface area (Å²) in [7, 11) is -3.44. The number of ether oxygens (including phenoxy) is 1. The van der Waals surface area contributed by atoms with Gasteiger partial charge in [-0.3, -0.25) is 9.40 Å². The number of benzene rings is 2. The quantitative estimate of drug-likeness (QED) is 0.279. The van der Waals surface area contributed by atoms with Gasteiger partial charge >= 0.3 is 0 Å². The lowest BCUT2D eigenvalue weighted by Crippen LogP contribution is -2.12. The van der Waals surface area contributed by atoms with Crippen molar-refractivity contribution in [3.05, 3.63) is 65.1 Å². The molecule has 0 unspecified atom stereocenters. The highest BCUT2D eigenvalue weighted by molar-refractivity contribution is 7.91. The largest absolute Gasteiger partial charge is 0.489 e. The Morgan fingerprint density at radius 2 is 1.97 bits per heavy atom. The van der Waals surface area contributed by atoms with Gasteiger partial charge in [0.05, 0.1) is 41.0 Å². The minimum absolute atomic E-state index is 0.0125. The number of nitrogens with one attached hydrogen (secondary N) is 1. The van der Waals surface area contributed by atoms with Crippen molar-refractivity contribution in [3.63, 3.8) is 0 Å². The van der Waals surface area contributed by atoms with Crippen LogP contribution in [0.4, 0.5) is 5.95 Å². The van der Waals surface area contributed by atoms with Gasteiger partial charge < -0.3 is 4.74 Å². The van der Waals surface area contributed by atoms with E-state index in [1.165, 1.54) is 0 Å². The third-order valence-corrected chi connectivity index (χ3v) is 5.82. The van der Waals surface area contributed by atoms with Crippen LogP contribution in [-0.4, -0.2) is 46.9 Å². The molecule has 0 radical (unpaired) electrons. The number of terminal acetylenes is 1. The molecule has 0 aliphatic rings. The van der Waals surface area contributed by atoms with Gasteiger partial charge in [-0.05, 0) is 29.3 Å². The molecule has 34 heavy (non-hydrogen) atoms. The number of rotatable bonds is 8. The molecule has 8 nitrogen and oxygen atoms in total. The molecule has 0 atom stereocenters. The van der Waals surface area contributed by atoms with Gasteiger partial charge in [0.2, 0.25) is 16.0 Å². The van der Waals surface area contributed by atoms with Gasteiger partial charge in [0, 0.05) is 23.3 Å². The predicted octanol–water partition coefficient (Wildman–Crippen LogP) is 4.17. The van der Waals surface area contributed by atoms with Gasteiger partial charge in [0.15, 0.2) is 5.75 Å². The molecule has 4 rings (SSSR count). The third kappa shape index (κ3) is 5.25. The molecule has 0 amide bonds. The van der Waals surface area contributed by atoms with Crippen molar-refractivity contribution in [2.24, 2.45) is 0 Å². The predicted molar refractivity (Wildman–Crippen MR) is 134 cm³/mol. The van der Waals surface area contributed by atoms with Gasteiger partial charge in [-0.15, -0.1) is 18.0 Å². The average Bonchev–Trinajstić information content (AvgIpc) is 3.21. The topological polar surface area (TPSA) is 99.0 Å². The van der Waals surface area contributed by atoms with Crippen LogP contribution in [0, 0.1) is 12.3 Å². The molecule has 2 heterocycles. The lowest BCUT2D eigenvalue weighted by molar-refractivity contribution is 0.342. The third-order valence-electron chi connectivity index (χ3n) is 4.84. The maximum Gasteiger partial charge on any atom is 0.236 e. The summed E-state index contributed by atoms with van der Waals surface area (Å²) in [5.41, 5.74) is 3.93. The standard InChI is InChI=1S/C23H19Cl2N5O3S/c1-3-16-9-17(10-20(25)22(16)33-8-7-24)18-5-4-6-21-19(18)13-28-30(21)14-15-11-26-23(27-12-15)29-34(2,31)32/h1,4-6,9-13H,7-8,14H2,2H3,(H,26,27,29). The van der Waals surface area contributed by atoms with Crippen LogP contribution in [-0.2, 0) is 16.6 Å². The monoisotopic (exact) mass is 515 g/mol. The molecular weight excluding hydrogens is 497 g/mol. The number of anilines is 1. The minimum atomic E-state index is -3.44. The summed E-state index contributed by atoms with van der Waals surface area (Å²) < 4.78 is 32.3. The number of aromatic nitrogens is 4. The fraction of sp³-hybridized carbons (Fsp3) is 0.174. The Morgan fingerprint density at radius 1 is 1.21 bits per heavy atom. The molecule has 0 fully saturated rings. The molecule has 1 N–H and O–H groups in total. The zero-order chi connectivity index (χ0) is 24.3. The SMILES string of the molecule is C#Cc1cc(-c2cccc3c2cnn3Cc2cnc(NS(C)(=O)=O)nc2)cc(Cl)c1OCCCl. The van der Waals surface area contributed by atoms with E-state index in [2.05, 4.69) is 25.7 Å². The molecule has 0 bridgehead atoms. The van der Waals surface area contributed by atoms with Crippen molar-refractivity contribution < 1.29 is 13.2 Å². The first kappa shape index (κ1) is 23.8. The molecule has 0 saturated carbocycles. The van der Waals surface area contributed by atoms with Crippen molar-refractivity contribution in [1.82, 2.24) is 19.7 Å². The molecular formula is C23H19Cl2N5O3S. The lowest BCUT2D eigenvalue weighted by atomic mass is 9.99. The Morgan fingerprint density at radius 3 is 2.65 bits per heavy atom. The second-order valence-electron chi connectivity index (χ2n) is 7.35. The highest BCUT2D eigenvalue weighted by Crippen LogP contribution is 2.37. The zero-order valence-electron chi connectivity index (χ0n) is 18.0. The Balaban J connectivity index is 1.66. The molecule has 0 spiro atoms. The van der Waals surface area contributed by atoms with Crippen LogP contribution in [0.3, 0.4) is 0 Å². The van der Waals surface area contributed by atoms with E-state index < -0.39 is 10.0 Å². The van der Waals surface area contributed by atoms with Crippen molar-refractivity contribution in [2.45, 2.75) is 6.54 Å². The van der Waals surface area contributed by atoms with Crippen molar-refractivity contribution in [2.75, 3.05) is 23.5 Å². The Hall–Kier alpha value is -3.32. The molecule has 0 saturated heterocycles. The van der Waals surface area contributed by atoms with Crippen molar-refractivity contribution >= 4 is 50.1 Å². The van der Waals surface area contributed by atoms with E-state index in [1.807, 2.05) is 28.9 Å². The Kier molecular flexibility index (Phi) is 6.93. The van der Waals surface area contributed by atoms with Gasteiger partial charge in [0.25, 0.3) is 0 Å². The average molecular weight is 516 g/mol. The molecule has 0 aliphatic heterocycles. The fourth-order valence-electron chi connectivity index (χ4n) is 3.45. The van der Waals surface area contributed by atoms with Gasteiger partial charge in [0.1, 0.15) is 6.61 Å². The number of hydrogen-bond donors (Lipinski definition) is 1. The molecule has 4 aromatic rings. The molecule has 0 aliphatic carbocycles. The second kappa shape index (κ2) is 9.89. The van der Waals surface area contributed by atoms with Gasteiger partial charge in [-0.1, -0.05) is 29.7 Å². The van der Waals surface area contributed by atoms with E-state index in [-0.39, 0.29) is 5.95 Å². The van der Waals surface area contributed by atoms with Crippen LogP contribution >= 0.6 is 23.2 Å². The molecule has 2 aromatic carbocycles. The Labute approximate surface area is 206 Å². The number of nitrogens with zero attached hydrogens (tertiary/aromatic N) is 4. The fourth-order valence-corrected chi connectivity index (χ4v) is 4.24. The van der Waals surface area contributed by atoms with E-state index in [0.29, 0.717) is 35.4 Å². The van der Waals surface area contributed by atoms with Crippen LogP contribution in [0.5, 0.6) is 5.75 Å². The lowest BCUT2D eigenvalue weighted by Gasteiger charge is -2.12. The summed E-state index contributed by atoms with van der Waals surface area (Å²) in [6.45, 7) is 0.695. The summed E-state index contributed by atoms with van der Waals surface area (Å²) >= 11 is 12.2. The zero-order valence-corrected chi connectivity index (χ0v) is 20.3. The summed E-state index contributed by atoms with van der Waals surface area (Å²) in [6.07, 6.45) is 11.6. The summed E-state index contributed by atoms with van der Waals surface area (Å²) in [5.74, 6) is 3.40. The van der Waals surface area contributed by atoms with E-state index in [4.69, 9.17) is 34.4 Å². The van der Waals surface area contributed by atoms with Gasteiger partial charge in [-0.2, -0.15) is 5.10 Å².